The van der Waals surface area contributed by atoms with Crippen LogP contribution in [0, 0.1) is 0 Å². The van der Waals surface area contributed by atoms with Gasteiger partial charge in [-0.1, -0.05) is 25.0 Å². The van der Waals surface area contributed by atoms with Crippen molar-refractivity contribution in [3.63, 3.8) is 0 Å². The fourth-order valence-corrected chi connectivity index (χ4v) is 2.45. The first-order chi connectivity index (χ1) is 8.38. The second-order valence-electron chi connectivity index (χ2n) is 4.91. The highest BCUT2D eigenvalue weighted by Crippen LogP contribution is 2.23. The average molecular weight is 233 g/mol. The third kappa shape index (κ3) is 4.04. The second kappa shape index (κ2) is 6.65. The molecule has 1 aromatic rings. The van der Waals surface area contributed by atoms with E-state index in [0.717, 1.165) is 12.2 Å². The van der Waals surface area contributed by atoms with Crippen molar-refractivity contribution >= 4 is 0 Å². The lowest BCUT2D eigenvalue weighted by Crippen LogP contribution is -2.15. The zero-order valence-corrected chi connectivity index (χ0v) is 10.5. The third-order valence-corrected chi connectivity index (χ3v) is 3.46. The molecule has 2 nitrogen and oxygen atoms in total. The molecule has 2 heteroatoms. The van der Waals surface area contributed by atoms with Crippen molar-refractivity contribution in [2.45, 2.75) is 51.0 Å². The van der Waals surface area contributed by atoms with Crippen LogP contribution in [0.1, 0.15) is 44.1 Å². The maximum atomic E-state index is 6.04. The maximum Gasteiger partial charge on any atom is 0.119 e. The van der Waals surface area contributed by atoms with Crippen molar-refractivity contribution in [1.82, 2.24) is 0 Å². The van der Waals surface area contributed by atoms with Gasteiger partial charge in [0.15, 0.2) is 0 Å². The Hall–Kier alpha value is -1.02. The van der Waals surface area contributed by atoms with Crippen molar-refractivity contribution in [3.8, 4) is 5.75 Å². The lowest BCUT2D eigenvalue weighted by Gasteiger charge is -2.17. The summed E-state index contributed by atoms with van der Waals surface area (Å²) in [5.74, 6) is 1.01. The number of hydrogen-bond acceptors (Lipinski definition) is 2. The highest BCUT2D eigenvalue weighted by molar-refractivity contribution is 5.27. The smallest absolute Gasteiger partial charge is 0.119 e. The molecular weight excluding hydrogens is 210 g/mol. The van der Waals surface area contributed by atoms with Crippen LogP contribution in [-0.2, 0) is 6.42 Å². The molecule has 0 aliphatic heterocycles. The maximum absolute atomic E-state index is 6.04. The molecule has 1 aliphatic rings. The van der Waals surface area contributed by atoms with E-state index in [4.69, 9.17) is 10.5 Å². The van der Waals surface area contributed by atoms with Gasteiger partial charge in [0.25, 0.3) is 0 Å². The zero-order chi connectivity index (χ0) is 11.9. The minimum Gasteiger partial charge on any atom is -0.490 e. The summed E-state index contributed by atoms with van der Waals surface area (Å²) in [5, 5.41) is 0. The molecule has 0 radical (unpaired) electrons. The van der Waals surface area contributed by atoms with Crippen molar-refractivity contribution in [2.24, 2.45) is 5.73 Å². The van der Waals surface area contributed by atoms with Crippen molar-refractivity contribution < 1.29 is 4.74 Å². The average Bonchev–Trinajstić information content (AvgIpc) is 2.61. The number of rotatable bonds is 4. The Morgan fingerprint density at radius 3 is 2.24 bits per heavy atom. The van der Waals surface area contributed by atoms with E-state index >= 15 is 0 Å². The Labute approximate surface area is 104 Å². The Bertz CT molecular complexity index is 312. The number of benzene rings is 1. The van der Waals surface area contributed by atoms with Gasteiger partial charge < -0.3 is 10.5 Å². The molecule has 1 aromatic carbocycles. The van der Waals surface area contributed by atoms with Gasteiger partial charge in [-0.25, -0.2) is 0 Å². The first kappa shape index (κ1) is 12.4. The largest absolute Gasteiger partial charge is 0.490 e. The van der Waals surface area contributed by atoms with Gasteiger partial charge in [0.2, 0.25) is 0 Å². The van der Waals surface area contributed by atoms with Gasteiger partial charge in [-0.2, -0.15) is 0 Å². The summed E-state index contributed by atoms with van der Waals surface area (Å²) < 4.78 is 6.04. The van der Waals surface area contributed by atoms with Gasteiger partial charge >= 0.3 is 0 Å². The highest BCUT2D eigenvalue weighted by Gasteiger charge is 2.13. The number of nitrogens with two attached hydrogens (primary N) is 1. The summed E-state index contributed by atoms with van der Waals surface area (Å²) in [6.45, 7) is 0.711. The van der Waals surface area contributed by atoms with Crippen LogP contribution in [0.5, 0.6) is 5.75 Å². The fraction of sp³-hybridized carbons (Fsp3) is 0.600. The van der Waals surface area contributed by atoms with Crippen LogP contribution in [0.25, 0.3) is 0 Å². The SMILES string of the molecule is NCCc1ccc(OC2CCCCCC2)cc1. The van der Waals surface area contributed by atoms with Gasteiger partial charge in [-0.05, 0) is 56.3 Å². The number of hydrogen-bond donors (Lipinski definition) is 1. The molecular formula is C15H23NO. The van der Waals surface area contributed by atoms with Crippen LogP contribution in [-0.4, -0.2) is 12.6 Å². The predicted octanol–water partition coefficient (Wildman–Crippen LogP) is 3.29. The van der Waals surface area contributed by atoms with Gasteiger partial charge in [0.05, 0.1) is 6.10 Å². The summed E-state index contributed by atoms with van der Waals surface area (Å²) >= 11 is 0. The first-order valence-corrected chi connectivity index (χ1v) is 6.84. The monoisotopic (exact) mass is 233 g/mol. The molecule has 94 valence electrons. The van der Waals surface area contributed by atoms with Gasteiger partial charge in [0.1, 0.15) is 5.75 Å². The van der Waals surface area contributed by atoms with Gasteiger partial charge in [0, 0.05) is 0 Å². The van der Waals surface area contributed by atoms with E-state index in [1.807, 2.05) is 0 Å². The topological polar surface area (TPSA) is 35.2 Å². The van der Waals surface area contributed by atoms with E-state index in [0.29, 0.717) is 12.6 Å². The molecule has 1 fully saturated rings. The summed E-state index contributed by atoms with van der Waals surface area (Å²) in [4.78, 5) is 0. The van der Waals surface area contributed by atoms with Crippen molar-refractivity contribution in [1.29, 1.82) is 0 Å². The summed E-state index contributed by atoms with van der Waals surface area (Å²) in [6.07, 6.45) is 9.17. The van der Waals surface area contributed by atoms with Crippen LogP contribution >= 0.6 is 0 Å². The van der Waals surface area contributed by atoms with Gasteiger partial charge in [-0.3, -0.25) is 0 Å². The summed E-state index contributed by atoms with van der Waals surface area (Å²) in [5.41, 5.74) is 6.83. The lowest BCUT2D eigenvalue weighted by molar-refractivity contribution is 0.183. The molecule has 1 aliphatic carbocycles. The van der Waals surface area contributed by atoms with Crippen LogP contribution in [0.3, 0.4) is 0 Å². The second-order valence-corrected chi connectivity index (χ2v) is 4.91. The lowest BCUT2D eigenvalue weighted by atomic mass is 10.1. The van der Waals surface area contributed by atoms with E-state index in [9.17, 15) is 0 Å². The zero-order valence-electron chi connectivity index (χ0n) is 10.5. The van der Waals surface area contributed by atoms with E-state index in [1.165, 1.54) is 44.1 Å². The highest BCUT2D eigenvalue weighted by atomic mass is 16.5. The molecule has 2 rings (SSSR count). The van der Waals surface area contributed by atoms with E-state index < -0.39 is 0 Å². The van der Waals surface area contributed by atoms with E-state index in [-0.39, 0.29) is 0 Å². The molecule has 0 amide bonds. The van der Waals surface area contributed by atoms with Crippen LogP contribution in [0.2, 0.25) is 0 Å². The molecule has 0 saturated heterocycles. The normalized spacial score (nSPS) is 17.7. The van der Waals surface area contributed by atoms with Crippen LogP contribution < -0.4 is 10.5 Å². The van der Waals surface area contributed by atoms with Crippen LogP contribution in [0.15, 0.2) is 24.3 Å². The Kier molecular flexibility index (Phi) is 4.87. The Balaban J connectivity index is 1.88. The molecule has 2 N–H and O–H groups in total. The number of ether oxygens (including phenoxy) is 1. The van der Waals surface area contributed by atoms with Crippen molar-refractivity contribution in [2.75, 3.05) is 6.54 Å². The predicted molar refractivity (Wildman–Crippen MR) is 71.3 cm³/mol. The molecule has 17 heavy (non-hydrogen) atoms. The molecule has 0 atom stereocenters. The Morgan fingerprint density at radius 1 is 1.00 bits per heavy atom. The van der Waals surface area contributed by atoms with E-state index in [2.05, 4.69) is 24.3 Å². The van der Waals surface area contributed by atoms with Gasteiger partial charge in [-0.15, -0.1) is 0 Å². The molecule has 0 heterocycles. The molecule has 0 unspecified atom stereocenters. The summed E-state index contributed by atoms with van der Waals surface area (Å²) in [6, 6.07) is 8.41. The molecule has 0 aromatic heterocycles. The molecule has 0 spiro atoms. The molecule has 0 bridgehead atoms. The molecule has 1 saturated carbocycles. The summed E-state index contributed by atoms with van der Waals surface area (Å²) in [7, 11) is 0. The van der Waals surface area contributed by atoms with E-state index in [1.54, 1.807) is 0 Å². The standard InChI is InChI=1S/C15H23NO/c16-12-11-13-7-9-15(10-8-13)17-14-5-3-1-2-4-6-14/h7-10,14H,1-6,11-12,16H2. The Morgan fingerprint density at radius 2 is 1.65 bits per heavy atom. The quantitative estimate of drug-likeness (QED) is 0.810. The first-order valence-electron chi connectivity index (χ1n) is 6.84. The third-order valence-electron chi connectivity index (χ3n) is 3.46. The fourth-order valence-electron chi connectivity index (χ4n) is 2.45. The minimum absolute atomic E-state index is 0.429. The van der Waals surface area contributed by atoms with Crippen LogP contribution in [0.4, 0.5) is 0 Å². The van der Waals surface area contributed by atoms with Crippen molar-refractivity contribution in [3.05, 3.63) is 29.8 Å². The minimum atomic E-state index is 0.429.